The van der Waals surface area contributed by atoms with E-state index in [0.29, 0.717) is 18.8 Å². The van der Waals surface area contributed by atoms with Gasteiger partial charge in [0.2, 0.25) is 5.91 Å². The Hall–Kier alpha value is -2.31. The molecule has 2 amide bonds. The minimum absolute atomic E-state index is 0.107. The van der Waals surface area contributed by atoms with Gasteiger partial charge in [-0.15, -0.1) is 0 Å². The van der Waals surface area contributed by atoms with Gasteiger partial charge < -0.3 is 19.4 Å². The predicted octanol–water partition coefficient (Wildman–Crippen LogP) is 0.698. The van der Waals surface area contributed by atoms with Crippen LogP contribution >= 0.6 is 0 Å². The van der Waals surface area contributed by atoms with Gasteiger partial charge >= 0.3 is 5.97 Å². The Balaban J connectivity index is 1.77. The lowest BCUT2D eigenvalue weighted by atomic mass is 10.1. The van der Waals surface area contributed by atoms with Crippen molar-refractivity contribution in [1.82, 2.24) is 10.2 Å². The molecule has 1 aromatic rings. The summed E-state index contributed by atoms with van der Waals surface area (Å²) in [6.07, 6.45) is 2.46. The zero-order valence-corrected chi connectivity index (χ0v) is 12.5. The number of carbonyl (C=O) groups excluding carboxylic acids is 3. The molecule has 0 unspecified atom stereocenters. The molecule has 0 aromatic carbocycles. The first kappa shape index (κ1) is 16.1. The number of rotatable bonds is 7. The quantitative estimate of drug-likeness (QED) is 0.749. The fourth-order valence-corrected chi connectivity index (χ4v) is 2.24. The van der Waals surface area contributed by atoms with E-state index >= 15 is 0 Å². The van der Waals surface area contributed by atoms with Crippen LogP contribution in [0.5, 0.6) is 0 Å². The number of likely N-dealkylation sites (tertiary alicyclic amines) is 1. The van der Waals surface area contributed by atoms with Crippen molar-refractivity contribution in [1.29, 1.82) is 0 Å². The highest BCUT2D eigenvalue weighted by molar-refractivity contribution is 5.88. The van der Waals surface area contributed by atoms with E-state index in [1.54, 1.807) is 17.0 Å². The number of nitrogens with zero attached hydrogens (tertiary/aromatic N) is 1. The highest BCUT2D eigenvalue weighted by Gasteiger charge is 2.35. The van der Waals surface area contributed by atoms with Crippen molar-refractivity contribution in [2.75, 3.05) is 19.7 Å². The summed E-state index contributed by atoms with van der Waals surface area (Å²) in [5.41, 5.74) is 0. The third-order valence-electron chi connectivity index (χ3n) is 3.39. The molecule has 1 aromatic heterocycles. The van der Waals surface area contributed by atoms with Gasteiger partial charge in [0, 0.05) is 19.5 Å². The number of esters is 1. The van der Waals surface area contributed by atoms with Crippen LogP contribution in [0.2, 0.25) is 0 Å². The summed E-state index contributed by atoms with van der Waals surface area (Å²) in [6.45, 7) is 2.81. The van der Waals surface area contributed by atoms with Gasteiger partial charge in [-0.25, -0.2) is 0 Å². The van der Waals surface area contributed by atoms with Crippen LogP contribution in [0.15, 0.2) is 22.8 Å². The van der Waals surface area contributed by atoms with Crippen LogP contribution < -0.4 is 5.32 Å². The van der Waals surface area contributed by atoms with Crippen LogP contribution in [0.4, 0.5) is 0 Å². The van der Waals surface area contributed by atoms with E-state index < -0.39 is 11.9 Å². The first-order chi connectivity index (χ1) is 10.6. The van der Waals surface area contributed by atoms with Crippen LogP contribution in [-0.2, 0) is 25.7 Å². The monoisotopic (exact) mass is 308 g/mol. The molecule has 2 heterocycles. The smallest absolute Gasteiger partial charge is 0.311 e. The van der Waals surface area contributed by atoms with Crippen molar-refractivity contribution >= 4 is 17.8 Å². The Kier molecular flexibility index (Phi) is 5.57. The van der Waals surface area contributed by atoms with E-state index in [9.17, 15) is 14.4 Å². The summed E-state index contributed by atoms with van der Waals surface area (Å²) in [5.74, 6) is -0.814. The highest BCUT2D eigenvalue weighted by Crippen LogP contribution is 2.21. The first-order valence-corrected chi connectivity index (χ1v) is 7.33. The number of hydrogen-bond acceptors (Lipinski definition) is 5. The van der Waals surface area contributed by atoms with Crippen LogP contribution in [0.3, 0.4) is 0 Å². The van der Waals surface area contributed by atoms with Crippen molar-refractivity contribution in [2.24, 2.45) is 5.92 Å². The van der Waals surface area contributed by atoms with Gasteiger partial charge in [-0.1, -0.05) is 6.92 Å². The van der Waals surface area contributed by atoms with Gasteiger partial charge in [-0.05, 0) is 18.6 Å². The molecule has 1 aliphatic rings. The summed E-state index contributed by atoms with van der Waals surface area (Å²) in [4.78, 5) is 36.7. The van der Waals surface area contributed by atoms with Crippen molar-refractivity contribution < 1.29 is 23.5 Å². The molecule has 0 radical (unpaired) electrons. The molecule has 1 atom stereocenters. The average Bonchev–Trinajstić information content (AvgIpc) is 3.13. The number of hydrogen-bond donors (Lipinski definition) is 1. The second-order valence-electron chi connectivity index (χ2n) is 5.21. The average molecular weight is 308 g/mol. The lowest BCUT2D eigenvalue weighted by molar-refractivity contribution is -0.152. The maximum atomic E-state index is 11.9. The molecule has 0 bridgehead atoms. The number of ether oxygens (including phenoxy) is 1. The highest BCUT2D eigenvalue weighted by atomic mass is 16.5. The maximum Gasteiger partial charge on any atom is 0.311 e. The lowest BCUT2D eigenvalue weighted by Gasteiger charge is -2.14. The fourth-order valence-electron chi connectivity index (χ4n) is 2.24. The molecule has 120 valence electrons. The largest absolute Gasteiger partial charge is 0.467 e. The van der Waals surface area contributed by atoms with Crippen molar-refractivity contribution in [2.45, 2.75) is 26.3 Å². The predicted molar refractivity (Wildman–Crippen MR) is 76.5 cm³/mol. The normalized spacial score (nSPS) is 17.6. The molecular weight excluding hydrogens is 288 g/mol. The Bertz CT molecular complexity index is 526. The van der Waals surface area contributed by atoms with Crippen LogP contribution in [0, 0.1) is 5.92 Å². The SMILES string of the molecule is CCCNC(=O)COC(=O)[C@H]1CC(=O)N(Cc2ccco2)C1. The van der Waals surface area contributed by atoms with Gasteiger partial charge in [-0.2, -0.15) is 0 Å². The minimum atomic E-state index is -0.526. The maximum absolute atomic E-state index is 11.9. The number of carbonyl (C=O) groups is 3. The van der Waals surface area contributed by atoms with Gasteiger partial charge in [0.05, 0.1) is 18.7 Å². The molecule has 1 fully saturated rings. The molecule has 0 saturated carbocycles. The molecule has 22 heavy (non-hydrogen) atoms. The summed E-state index contributed by atoms with van der Waals surface area (Å²) in [5, 5.41) is 2.62. The first-order valence-electron chi connectivity index (χ1n) is 7.33. The summed E-state index contributed by atoms with van der Waals surface area (Å²) >= 11 is 0. The minimum Gasteiger partial charge on any atom is -0.467 e. The Morgan fingerprint density at radius 1 is 1.50 bits per heavy atom. The molecule has 0 spiro atoms. The summed E-state index contributed by atoms with van der Waals surface area (Å²) in [6, 6.07) is 3.52. The summed E-state index contributed by atoms with van der Waals surface area (Å²) < 4.78 is 10.2. The van der Waals surface area contributed by atoms with Gasteiger partial charge in [0.15, 0.2) is 6.61 Å². The van der Waals surface area contributed by atoms with Gasteiger partial charge in [-0.3, -0.25) is 14.4 Å². The Labute approximate surface area is 128 Å². The second kappa shape index (κ2) is 7.63. The van der Waals surface area contributed by atoms with Crippen molar-refractivity contribution in [3.8, 4) is 0 Å². The topological polar surface area (TPSA) is 88.8 Å². The summed E-state index contributed by atoms with van der Waals surface area (Å²) in [7, 11) is 0. The Morgan fingerprint density at radius 3 is 3.00 bits per heavy atom. The number of amides is 2. The van der Waals surface area contributed by atoms with E-state index in [-0.39, 0.29) is 31.4 Å². The molecular formula is C15H20N2O5. The van der Waals surface area contributed by atoms with E-state index in [1.165, 1.54) is 6.26 Å². The molecule has 0 aliphatic carbocycles. The van der Waals surface area contributed by atoms with Gasteiger partial charge in [0.1, 0.15) is 5.76 Å². The second-order valence-corrected chi connectivity index (χ2v) is 5.21. The lowest BCUT2D eigenvalue weighted by Crippen LogP contribution is -2.31. The van der Waals surface area contributed by atoms with E-state index in [1.807, 2.05) is 6.92 Å². The zero-order valence-electron chi connectivity index (χ0n) is 12.5. The molecule has 1 N–H and O–H groups in total. The Morgan fingerprint density at radius 2 is 2.32 bits per heavy atom. The van der Waals surface area contributed by atoms with Crippen LogP contribution in [0.25, 0.3) is 0 Å². The van der Waals surface area contributed by atoms with E-state index in [4.69, 9.17) is 9.15 Å². The number of nitrogens with one attached hydrogen (secondary N) is 1. The third-order valence-corrected chi connectivity index (χ3v) is 3.39. The molecule has 2 rings (SSSR count). The molecule has 7 heteroatoms. The molecule has 1 aliphatic heterocycles. The van der Waals surface area contributed by atoms with Crippen LogP contribution in [0.1, 0.15) is 25.5 Å². The van der Waals surface area contributed by atoms with E-state index in [0.717, 1.165) is 6.42 Å². The van der Waals surface area contributed by atoms with Crippen LogP contribution in [-0.4, -0.2) is 42.4 Å². The zero-order chi connectivity index (χ0) is 15.9. The van der Waals surface area contributed by atoms with Gasteiger partial charge in [0.25, 0.3) is 5.91 Å². The molecule has 1 saturated heterocycles. The van der Waals surface area contributed by atoms with Crippen molar-refractivity contribution in [3.63, 3.8) is 0 Å². The van der Waals surface area contributed by atoms with Crippen molar-refractivity contribution in [3.05, 3.63) is 24.2 Å². The van der Waals surface area contributed by atoms with E-state index in [2.05, 4.69) is 5.32 Å². The third kappa shape index (κ3) is 4.34. The fraction of sp³-hybridized carbons (Fsp3) is 0.533. The molecule has 7 nitrogen and oxygen atoms in total. The standard InChI is InChI=1S/C15H20N2O5/c1-2-5-16-13(18)10-22-15(20)11-7-14(19)17(8-11)9-12-4-3-6-21-12/h3-4,6,11H,2,5,7-10H2,1H3,(H,16,18)/t11-/m0/s1. The number of furan rings is 1.